The van der Waals surface area contributed by atoms with E-state index in [1.807, 2.05) is 24.3 Å². The number of nitrogens with two attached hydrogens (primary N) is 1. The summed E-state index contributed by atoms with van der Waals surface area (Å²) in [6, 6.07) is 11.9. The van der Waals surface area contributed by atoms with Gasteiger partial charge in [-0.3, -0.25) is 9.78 Å². The molecule has 0 unspecified atom stereocenters. The van der Waals surface area contributed by atoms with Crippen molar-refractivity contribution in [1.29, 1.82) is 0 Å². The maximum absolute atomic E-state index is 14.3. The maximum Gasteiger partial charge on any atom is 0.253 e. The standard InChI is InChI=1S/C27H30FN7O4S/c1-39-24-13-17(34-9-4-10-35(12-11-34)40(2,37)38)7-8-20(24)32-25-14-18-22(15-30-16-23(18)33-25)31-21-6-3-5-19(28)26(21)27(29)36/h3,5-8,13-16,31-33H,4,9-12H2,1-2H3,(H2,29,36). The second kappa shape index (κ2) is 11.0. The molecule has 2 aromatic heterocycles. The Morgan fingerprint density at radius 1 is 1.05 bits per heavy atom. The van der Waals surface area contributed by atoms with Crippen LogP contribution in [0, 0.1) is 5.82 Å². The zero-order valence-corrected chi connectivity index (χ0v) is 22.9. The Morgan fingerprint density at radius 3 is 2.62 bits per heavy atom. The van der Waals surface area contributed by atoms with Gasteiger partial charge in [0.05, 0.1) is 53.9 Å². The number of carbonyl (C=O) groups excluding carboxylic acids is 1. The highest BCUT2D eigenvalue weighted by atomic mass is 32.2. The summed E-state index contributed by atoms with van der Waals surface area (Å²) in [4.78, 5) is 21.5. The predicted molar refractivity (Wildman–Crippen MR) is 154 cm³/mol. The van der Waals surface area contributed by atoms with Crippen LogP contribution in [0.4, 0.5) is 33.0 Å². The molecule has 4 aromatic rings. The summed E-state index contributed by atoms with van der Waals surface area (Å²) in [5.74, 6) is -0.314. The quantitative estimate of drug-likeness (QED) is 0.252. The lowest BCUT2D eigenvalue weighted by Gasteiger charge is -2.24. The zero-order chi connectivity index (χ0) is 28.4. The lowest BCUT2D eigenvalue weighted by molar-refractivity contribution is 0.0997. The van der Waals surface area contributed by atoms with E-state index in [4.69, 9.17) is 10.5 Å². The third kappa shape index (κ3) is 5.65. The second-order valence-corrected chi connectivity index (χ2v) is 11.5. The number of fused-ring (bicyclic) bond motifs is 1. The van der Waals surface area contributed by atoms with Gasteiger partial charge in [0.2, 0.25) is 10.0 Å². The van der Waals surface area contributed by atoms with E-state index in [-0.39, 0.29) is 11.3 Å². The van der Waals surface area contributed by atoms with E-state index in [1.165, 1.54) is 22.7 Å². The largest absolute Gasteiger partial charge is 0.494 e. The summed E-state index contributed by atoms with van der Waals surface area (Å²) >= 11 is 0. The molecule has 40 heavy (non-hydrogen) atoms. The lowest BCUT2D eigenvalue weighted by atomic mass is 10.1. The molecule has 11 nitrogen and oxygen atoms in total. The lowest BCUT2D eigenvalue weighted by Crippen LogP contribution is -2.34. The first-order valence-electron chi connectivity index (χ1n) is 12.6. The van der Waals surface area contributed by atoms with Crippen LogP contribution in [0.2, 0.25) is 0 Å². The van der Waals surface area contributed by atoms with Crippen LogP contribution in [-0.2, 0) is 10.0 Å². The number of amides is 1. The Labute approximate surface area is 231 Å². The summed E-state index contributed by atoms with van der Waals surface area (Å²) in [6.45, 7) is 2.24. The first-order chi connectivity index (χ1) is 19.1. The molecule has 210 valence electrons. The van der Waals surface area contributed by atoms with Gasteiger partial charge in [-0.1, -0.05) is 6.07 Å². The molecule has 0 bridgehead atoms. The Hall–Kier alpha value is -4.36. The monoisotopic (exact) mass is 567 g/mol. The Bertz CT molecular complexity index is 1670. The number of aromatic amines is 1. The molecule has 2 aromatic carbocycles. The first kappa shape index (κ1) is 27.2. The number of benzene rings is 2. The molecule has 3 heterocycles. The number of hydrogen-bond donors (Lipinski definition) is 4. The number of aromatic nitrogens is 2. The van der Waals surface area contributed by atoms with Gasteiger partial charge in [-0.25, -0.2) is 17.1 Å². The number of H-pyrrole nitrogens is 1. The normalized spacial score (nSPS) is 14.6. The number of carbonyl (C=O) groups is 1. The number of rotatable bonds is 8. The third-order valence-electron chi connectivity index (χ3n) is 6.82. The van der Waals surface area contributed by atoms with E-state index in [0.29, 0.717) is 48.1 Å². The van der Waals surface area contributed by atoms with Crippen molar-refractivity contribution in [1.82, 2.24) is 14.3 Å². The van der Waals surface area contributed by atoms with Crippen LogP contribution in [-0.4, -0.2) is 68.1 Å². The van der Waals surface area contributed by atoms with Crippen LogP contribution in [0.3, 0.4) is 0 Å². The summed E-state index contributed by atoms with van der Waals surface area (Å²) < 4.78 is 45.4. The SMILES string of the molecule is COc1cc(N2CCCN(S(C)(=O)=O)CC2)ccc1Nc1cc2c(Nc3cccc(F)c3C(N)=O)cncc2[nH]1. The molecule has 5 N–H and O–H groups in total. The molecular weight excluding hydrogens is 537 g/mol. The topological polar surface area (TPSA) is 146 Å². The minimum atomic E-state index is -3.23. The van der Waals surface area contributed by atoms with Gasteiger partial charge in [0.25, 0.3) is 5.91 Å². The van der Waals surface area contributed by atoms with Gasteiger partial charge < -0.3 is 31.0 Å². The highest BCUT2D eigenvalue weighted by Gasteiger charge is 2.22. The minimum absolute atomic E-state index is 0.230. The molecule has 0 atom stereocenters. The molecule has 1 aliphatic heterocycles. The molecule has 13 heteroatoms. The van der Waals surface area contributed by atoms with Crippen molar-refractivity contribution < 1.29 is 22.3 Å². The molecule has 0 aliphatic carbocycles. The average molecular weight is 568 g/mol. The summed E-state index contributed by atoms with van der Waals surface area (Å²) in [6.07, 6.45) is 5.21. The van der Waals surface area contributed by atoms with Gasteiger partial charge >= 0.3 is 0 Å². The minimum Gasteiger partial charge on any atom is -0.494 e. The van der Waals surface area contributed by atoms with Crippen LogP contribution in [0.1, 0.15) is 16.8 Å². The number of primary amides is 1. The molecule has 1 aliphatic rings. The molecule has 1 amide bonds. The smallest absolute Gasteiger partial charge is 0.253 e. The highest BCUT2D eigenvalue weighted by Crippen LogP contribution is 2.35. The number of methoxy groups -OCH3 is 1. The van der Waals surface area contributed by atoms with E-state index >= 15 is 0 Å². The maximum atomic E-state index is 14.3. The van der Waals surface area contributed by atoms with E-state index in [9.17, 15) is 17.6 Å². The molecule has 0 radical (unpaired) electrons. The number of halogens is 1. The summed E-state index contributed by atoms with van der Waals surface area (Å²) in [5.41, 5.74) is 8.32. The van der Waals surface area contributed by atoms with Gasteiger partial charge in [-0.2, -0.15) is 0 Å². The van der Waals surface area contributed by atoms with Crippen LogP contribution in [0.5, 0.6) is 5.75 Å². The van der Waals surface area contributed by atoms with E-state index in [0.717, 1.165) is 24.0 Å². The highest BCUT2D eigenvalue weighted by molar-refractivity contribution is 7.88. The molecule has 0 spiro atoms. The van der Waals surface area contributed by atoms with E-state index in [1.54, 1.807) is 25.6 Å². The molecule has 5 rings (SSSR count). The van der Waals surface area contributed by atoms with Gasteiger partial charge in [0.1, 0.15) is 17.4 Å². The Morgan fingerprint density at radius 2 is 1.88 bits per heavy atom. The van der Waals surface area contributed by atoms with Crippen molar-refractivity contribution in [3.05, 3.63) is 66.2 Å². The number of ether oxygens (including phenoxy) is 1. The van der Waals surface area contributed by atoms with Crippen LogP contribution < -0.4 is 26.0 Å². The molecule has 1 fully saturated rings. The number of sulfonamides is 1. The number of anilines is 5. The van der Waals surface area contributed by atoms with Gasteiger partial charge in [-0.15, -0.1) is 0 Å². The van der Waals surface area contributed by atoms with Gasteiger partial charge in [-0.05, 0) is 36.8 Å². The van der Waals surface area contributed by atoms with Crippen LogP contribution >= 0.6 is 0 Å². The molecular formula is C27H30FN7O4S. The summed E-state index contributed by atoms with van der Waals surface area (Å²) in [7, 11) is -1.64. The van der Waals surface area contributed by atoms with Gasteiger partial charge in [0, 0.05) is 43.3 Å². The van der Waals surface area contributed by atoms with Crippen molar-refractivity contribution >= 4 is 55.4 Å². The fourth-order valence-electron chi connectivity index (χ4n) is 4.85. The molecule has 1 saturated heterocycles. The van der Waals surface area contributed by atoms with Crippen molar-refractivity contribution in [2.24, 2.45) is 5.73 Å². The van der Waals surface area contributed by atoms with E-state index < -0.39 is 21.7 Å². The van der Waals surface area contributed by atoms with Gasteiger partial charge in [0.15, 0.2) is 0 Å². The van der Waals surface area contributed by atoms with E-state index in [2.05, 4.69) is 25.5 Å². The summed E-state index contributed by atoms with van der Waals surface area (Å²) in [5, 5.41) is 7.17. The zero-order valence-electron chi connectivity index (χ0n) is 22.1. The number of nitrogens with one attached hydrogen (secondary N) is 3. The molecule has 0 saturated carbocycles. The predicted octanol–water partition coefficient (Wildman–Crippen LogP) is 3.77. The number of nitrogens with zero attached hydrogens (tertiary/aromatic N) is 3. The first-order valence-corrected chi connectivity index (χ1v) is 14.5. The second-order valence-electron chi connectivity index (χ2n) is 9.50. The number of hydrogen-bond acceptors (Lipinski definition) is 8. The fourth-order valence-corrected chi connectivity index (χ4v) is 5.72. The van der Waals surface area contributed by atoms with Crippen molar-refractivity contribution in [2.75, 3.05) is 55.1 Å². The Kier molecular flexibility index (Phi) is 7.50. The Balaban J connectivity index is 1.38. The average Bonchev–Trinajstić information content (AvgIpc) is 3.15. The number of pyridine rings is 1. The van der Waals surface area contributed by atoms with Crippen molar-refractivity contribution in [3.63, 3.8) is 0 Å². The van der Waals surface area contributed by atoms with Crippen LogP contribution in [0.15, 0.2) is 54.9 Å². The fraction of sp³-hybridized carbons (Fsp3) is 0.259. The van der Waals surface area contributed by atoms with Crippen LogP contribution in [0.25, 0.3) is 10.9 Å². The third-order valence-corrected chi connectivity index (χ3v) is 8.12. The van der Waals surface area contributed by atoms with Crippen molar-refractivity contribution in [3.8, 4) is 5.75 Å². The van der Waals surface area contributed by atoms with Crippen molar-refractivity contribution in [2.45, 2.75) is 6.42 Å².